The summed E-state index contributed by atoms with van der Waals surface area (Å²) in [6.45, 7) is 0. The molecule has 2 heterocycles. The standard InChI is InChI=1S/C21H17N3O3S/c1-26-16-8-6-13(7-9-16)17-11-28-20-18(17)19(22-12-23-20)24-15-5-3-4-14(10-15)21(25)27-2/h3-12H,1-2H3,(H,22,23,24). The van der Waals surface area contributed by atoms with Crippen LogP contribution in [-0.2, 0) is 4.74 Å². The van der Waals surface area contributed by atoms with Gasteiger partial charge in [0.1, 0.15) is 22.7 Å². The molecule has 28 heavy (non-hydrogen) atoms. The Bertz CT molecular complexity index is 1140. The molecule has 140 valence electrons. The highest BCUT2D eigenvalue weighted by Gasteiger charge is 2.14. The summed E-state index contributed by atoms with van der Waals surface area (Å²) in [5.41, 5.74) is 3.30. The monoisotopic (exact) mass is 391 g/mol. The highest BCUT2D eigenvalue weighted by Crippen LogP contribution is 2.37. The van der Waals surface area contributed by atoms with Crippen LogP contribution in [0.3, 0.4) is 0 Å². The minimum atomic E-state index is -0.383. The lowest BCUT2D eigenvalue weighted by Gasteiger charge is -2.10. The first-order valence-corrected chi connectivity index (χ1v) is 9.39. The first-order chi connectivity index (χ1) is 13.7. The molecular formula is C21H17N3O3S. The van der Waals surface area contributed by atoms with Gasteiger partial charge in [-0.1, -0.05) is 18.2 Å². The van der Waals surface area contributed by atoms with E-state index >= 15 is 0 Å². The Morgan fingerprint density at radius 2 is 1.89 bits per heavy atom. The fraction of sp³-hybridized carbons (Fsp3) is 0.0952. The number of aromatic nitrogens is 2. The van der Waals surface area contributed by atoms with Crippen molar-refractivity contribution >= 4 is 39.0 Å². The third-order valence-corrected chi connectivity index (χ3v) is 5.20. The second kappa shape index (κ2) is 7.66. The van der Waals surface area contributed by atoms with Gasteiger partial charge in [-0.3, -0.25) is 0 Å². The maximum atomic E-state index is 11.8. The second-order valence-corrected chi connectivity index (χ2v) is 6.84. The normalized spacial score (nSPS) is 10.6. The molecule has 0 amide bonds. The quantitative estimate of drug-likeness (QED) is 0.488. The minimum Gasteiger partial charge on any atom is -0.497 e. The molecule has 0 unspecified atom stereocenters. The molecule has 0 bridgehead atoms. The molecule has 0 atom stereocenters. The SMILES string of the molecule is COC(=O)c1cccc(Nc2ncnc3scc(-c4ccc(OC)cc4)c23)c1. The van der Waals surface area contributed by atoms with E-state index in [0.29, 0.717) is 11.4 Å². The van der Waals surface area contributed by atoms with Gasteiger partial charge in [0.15, 0.2) is 0 Å². The predicted molar refractivity (Wildman–Crippen MR) is 110 cm³/mol. The number of fused-ring (bicyclic) bond motifs is 1. The number of hydrogen-bond acceptors (Lipinski definition) is 7. The summed E-state index contributed by atoms with van der Waals surface area (Å²) < 4.78 is 10.0. The molecule has 0 fully saturated rings. The first kappa shape index (κ1) is 17.9. The third kappa shape index (κ3) is 3.39. The van der Waals surface area contributed by atoms with Gasteiger partial charge in [0.05, 0.1) is 25.2 Å². The number of hydrogen-bond donors (Lipinski definition) is 1. The zero-order valence-electron chi connectivity index (χ0n) is 15.3. The van der Waals surface area contributed by atoms with Gasteiger partial charge in [0.25, 0.3) is 0 Å². The van der Waals surface area contributed by atoms with E-state index in [-0.39, 0.29) is 5.97 Å². The zero-order chi connectivity index (χ0) is 19.5. The van der Waals surface area contributed by atoms with Crippen LogP contribution in [0.2, 0.25) is 0 Å². The Morgan fingerprint density at radius 1 is 1.07 bits per heavy atom. The fourth-order valence-corrected chi connectivity index (χ4v) is 3.85. The van der Waals surface area contributed by atoms with Crippen molar-refractivity contribution < 1.29 is 14.3 Å². The number of methoxy groups -OCH3 is 2. The van der Waals surface area contributed by atoms with Crippen molar-refractivity contribution in [3.8, 4) is 16.9 Å². The van der Waals surface area contributed by atoms with Gasteiger partial charge in [0.2, 0.25) is 0 Å². The lowest BCUT2D eigenvalue weighted by Crippen LogP contribution is -2.02. The van der Waals surface area contributed by atoms with Crippen LogP contribution in [0.1, 0.15) is 10.4 Å². The van der Waals surface area contributed by atoms with E-state index in [0.717, 1.165) is 32.8 Å². The highest BCUT2D eigenvalue weighted by atomic mass is 32.1. The Kier molecular flexibility index (Phi) is 4.90. The van der Waals surface area contributed by atoms with Crippen LogP contribution in [0, 0.1) is 0 Å². The number of carbonyl (C=O) groups is 1. The lowest BCUT2D eigenvalue weighted by molar-refractivity contribution is 0.0601. The largest absolute Gasteiger partial charge is 0.497 e. The molecule has 0 saturated carbocycles. The van der Waals surface area contributed by atoms with Gasteiger partial charge >= 0.3 is 5.97 Å². The number of thiophene rings is 1. The number of carbonyl (C=O) groups excluding carboxylic acids is 1. The average Bonchev–Trinajstić information content (AvgIpc) is 3.18. The molecule has 2 aromatic carbocycles. The van der Waals surface area contributed by atoms with Crippen LogP contribution in [0.4, 0.5) is 11.5 Å². The van der Waals surface area contributed by atoms with Crippen molar-refractivity contribution in [1.29, 1.82) is 0 Å². The van der Waals surface area contributed by atoms with E-state index in [4.69, 9.17) is 9.47 Å². The first-order valence-electron chi connectivity index (χ1n) is 8.51. The Morgan fingerprint density at radius 3 is 2.64 bits per heavy atom. The number of rotatable bonds is 5. The molecule has 0 aliphatic rings. The topological polar surface area (TPSA) is 73.3 Å². The van der Waals surface area contributed by atoms with Crippen molar-refractivity contribution in [3.63, 3.8) is 0 Å². The number of anilines is 2. The van der Waals surface area contributed by atoms with Gasteiger partial charge in [-0.2, -0.15) is 0 Å². The number of esters is 1. The van der Waals surface area contributed by atoms with Crippen LogP contribution in [-0.4, -0.2) is 30.2 Å². The molecule has 1 N–H and O–H groups in total. The molecule has 6 nitrogen and oxygen atoms in total. The van der Waals surface area contributed by atoms with Crippen LogP contribution in [0.25, 0.3) is 21.3 Å². The van der Waals surface area contributed by atoms with Crippen molar-refractivity contribution in [1.82, 2.24) is 9.97 Å². The average molecular weight is 391 g/mol. The van der Waals surface area contributed by atoms with E-state index in [1.165, 1.54) is 13.4 Å². The summed E-state index contributed by atoms with van der Waals surface area (Å²) in [5, 5.41) is 6.31. The van der Waals surface area contributed by atoms with E-state index in [9.17, 15) is 4.79 Å². The summed E-state index contributed by atoms with van der Waals surface area (Å²) in [6.07, 6.45) is 1.53. The van der Waals surface area contributed by atoms with Crippen LogP contribution in [0.5, 0.6) is 5.75 Å². The summed E-state index contributed by atoms with van der Waals surface area (Å²) in [5.74, 6) is 1.10. The summed E-state index contributed by atoms with van der Waals surface area (Å²) in [7, 11) is 3.01. The number of ether oxygens (including phenoxy) is 2. The fourth-order valence-electron chi connectivity index (χ4n) is 2.93. The van der Waals surface area contributed by atoms with Crippen LogP contribution in [0.15, 0.2) is 60.2 Å². The summed E-state index contributed by atoms with van der Waals surface area (Å²) in [4.78, 5) is 21.5. The second-order valence-electron chi connectivity index (χ2n) is 5.98. The molecule has 4 aromatic rings. The van der Waals surface area contributed by atoms with E-state index in [2.05, 4.69) is 20.7 Å². The Balaban J connectivity index is 1.76. The third-order valence-electron chi connectivity index (χ3n) is 4.32. The minimum absolute atomic E-state index is 0.383. The van der Waals surface area contributed by atoms with Crippen molar-refractivity contribution in [3.05, 3.63) is 65.8 Å². The Hall–Kier alpha value is -3.45. The molecule has 0 spiro atoms. The highest BCUT2D eigenvalue weighted by molar-refractivity contribution is 7.17. The summed E-state index contributed by atoms with van der Waals surface area (Å²) >= 11 is 1.56. The molecule has 0 radical (unpaired) electrons. The summed E-state index contributed by atoms with van der Waals surface area (Å²) in [6, 6.07) is 15.0. The van der Waals surface area contributed by atoms with Gasteiger partial charge in [-0.25, -0.2) is 14.8 Å². The van der Waals surface area contributed by atoms with E-state index in [1.807, 2.05) is 30.3 Å². The number of benzene rings is 2. The molecular weight excluding hydrogens is 374 g/mol. The van der Waals surface area contributed by atoms with E-state index < -0.39 is 0 Å². The molecule has 0 saturated heterocycles. The van der Waals surface area contributed by atoms with Crippen molar-refractivity contribution in [2.75, 3.05) is 19.5 Å². The zero-order valence-corrected chi connectivity index (χ0v) is 16.1. The maximum absolute atomic E-state index is 11.8. The molecule has 2 aromatic heterocycles. The van der Waals surface area contributed by atoms with Crippen LogP contribution >= 0.6 is 11.3 Å². The van der Waals surface area contributed by atoms with Gasteiger partial charge < -0.3 is 14.8 Å². The smallest absolute Gasteiger partial charge is 0.337 e. The van der Waals surface area contributed by atoms with E-state index in [1.54, 1.807) is 36.6 Å². The number of nitrogens with one attached hydrogen (secondary N) is 1. The molecule has 4 rings (SSSR count). The predicted octanol–water partition coefficient (Wildman–Crippen LogP) is 4.90. The van der Waals surface area contributed by atoms with Gasteiger partial charge in [0, 0.05) is 16.6 Å². The molecule has 7 heteroatoms. The van der Waals surface area contributed by atoms with Crippen molar-refractivity contribution in [2.24, 2.45) is 0 Å². The Labute approximate surface area is 165 Å². The molecule has 0 aliphatic carbocycles. The lowest BCUT2D eigenvalue weighted by atomic mass is 10.1. The number of nitrogens with zero attached hydrogens (tertiary/aromatic N) is 2. The van der Waals surface area contributed by atoms with Gasteiger partial charge in [-0.05, 0) is 35.9 Å². The molecule has 0 aliphatic heterocycles. The maximum Gasteiger partial charge on any atom is 0.337 e. The van der Waals surface area contributed by atoms with Crippen molar-refractivity contribution in [2.45, 2.75) is 0 Å². The van der Waals surface area contributed by atoms with Gasteiger partial charge in [-0.15, -0.1) is 11.3 Å². The van der Waals surface area contributed by atoms with Crippen LogP contribution < -0.4 is 10.1 Å².